The molecule has 0 bridgehead atoms. The lowest BCUT2D eigenvalue weighted by molar-refractivity contribution is -0.0640. The SMILES string of the molecule is C[C@@H](NCCCN(O)C(=O)O)c1cccc2ccccc12. The van der Waals surface area contributed by atoms with Crippen LogP contribution < -0.4 is 5.32 Å². The van der Waals surface area contributed by atoms with Crippen LogP contribution in [0, 0.1) is 0 Å². The van der Waals surface area contributed by atoms with Crippen molar-refractivity contribution >= 4 is 16.9 Å². The molecule has 0 aliphatic carbocycles. The summed E-state index contributed by atoms with van der Waals surface area (Å²) in [5, 5.41) is 23.7. The zero-order valence-corrected chi connectivity index (χ0v) is 12.0. The minimum absolute atomic E-state index is 0.102. The second-order valence-electron chi connectivity index (χ2n) is 5.00. The van der Waals surface area contributed by atoms with E-state index in [-0.39, 0.29) is 12.6 Å². The summed E-state index contributed by atoms with van der Waals surface area (Å²) in [4.78, 5) is 10.5. The Kier molecular flexibility index (Phi) is 5.14. The summed E-state index contributed by atoms with van der Waals surface area (Å²) < 4.78 is 0. The molecule has 2 aromatic carbocycles. The zero-order valence-electron chi connectivity index (χ0n) is 12.0. The van der Waals surface area contributed by atoms with Crippen LogP contribution in [0.25, 0.3) is 10.8 Å². The van der Waals surface area contributed by atoms with Crippen molar-refractivity contribution in [2.75, 3.05) is 13.1 Å². The van der Waals surface area contributed by atoms with E-state index in [0.29, 0.717) is 18.0 Å². The maximum Gasteiger partial charge on any atom is 0.431 e. The van der Waals surface area contributed by atoms with Crippen molar-refractivity contribution in [1.29, 1.82) is 0 Å². The predicted octanol–water partition coefficient (Wildman–Crippen LogP) is 3.25. The first-order valence-corrected chi connectivity index (χ1v) is 7.00. The van der Waals surface area contributed by atoms with Gasteiger partial charge in [-0.2, -0.15) is 5.06 Å². The van der Waals surface area contributed by atoms with Gasteiger partial charge in [-0.25, -0.2) is 4.79 Å². The number of nitrogens with one attached hydrogen (secondary N) is 1. The summed E-state index contributed by atoms with van der Waals surface area (Å²) in [5.74, 6) is 0. The van der Waals surface area contributed by atoms with Crippen molar-refractivity contribution < 1.29 is 15.1 Å². The third kappa shape index (κ3) is 3.93. The molecule has 3 N–H and O–H groups in total. The van der Waals surface area contributed by atoms with Crippen molar-refractivity contribution in [3.63, 3.8) is 0 Å². The molecule has 0 saturated heterocycles. The second-order valence-corrected chi connectivity index (χ2v) is 5.00. The standard InChI is InChI=1S/C16H20N2O3/c1-12(17-10-5-11-18(21)16(19)20)14-9-4-7-13-6-2-3-8-15(13)14/h2-4,6-9,12,17,21H,5,10-11H2,1H3,(H,19,20)/t12-/m1/s1. The van der Waals surface area contributed by atoms with E-state index >= 15 is 0 Å². The molecule has 112 valence electrons. The summed E-state index contributed by atoms with van der Waals surface area (Å²) in [7, 11) is 0. The number of nitrogens with zero attached hydrogens (tertiary/aromatic N) is 1. The molecule has 1 atom stereocenters. The second kappa shape index (κ2) is 7.06. The first-order chi connectivity index (χ1) is 10.1. The number of hydrogen-bond donors (Lipinski definition) is 3. The van der Waals surface area contributed by atoms with Gasteiger partial charge >= 0.3 is 6.09 Å². The van der Waals surface area contributed by atoms with Crippen LogP contribution in [0.15, 0.2) is 42.5 Å². The predicted molar refractivity (Wildman–Crippen MR) is 81.5 cm³/mol. The van der Waals surface area contributed by atoms with Crippen LogP contribution in [0.3, 0.4) is 0 Å². The summed E-state index contributed by atoms with van der Waals surface area (Å²) in [6.07, 6.45) is -0.769. The molecule has 21 heavy (non-hydrogen) atoms. The van der Waals surface area contributed by atoms with Crippen molar-refractivity contribution in [2.45, 2.75) is 19.4 Å². The van der Waals surface area contributed by atoms with E-state index < -0.39 is 6.09 Å². The smallest absolute Gasteiger partial charge is 0.431 e. The lowest BCUT2D eigenvalue weighted by Gasteiger charge is -2.17. The van der Waals surface area contributed by atoms with Crippen LogP contribution in [0.4, 0.5) is 4.79 Å². The topological polar surface area (TPSA) is 72.8 Å². The van der Waals surface area contributed by atoms with Gasteiger partial charge in [0.1, 0.15) is 0 Å². The van der Waals surface area contributed by atoms with Gasteiger partial charge in [0.2, 0.25) is 0 Å². The Morgan fingerprint density at radius 1 is 1.24 bits per heavy atom. The molecule has 0 spiro atoms. The lowest BCUT2D eigenvalue weighted by Crippen LogP contribution is -2.29. The first kappa shape index (κ1) is 15.3. The highest BCUT2D eigenvalue weighted by molar-refractivity contribution is 5.86. The van der Waals surface area contributed by atoms with Gasteiger partial charge in [-0.15, -0.1) is 0 Å². The molecular weight excluding hydrogens is 268 g/mol. The molecule has 5 heteroatoms. The Balaban J connectivity index is 1.93. The minimum atomic E-state index is -1.32. The number of amides is 1. The molecule has 0 aliphatic heterocycles. The fourth-order valence-electron chi connectivity index (χ4n) is 2.38. The van der Waals surface area contributed by atoms with Gasteiger partial charge in [0.25, 0.3) is 0 Å². The molecule has 2 aromatic rings. The summed E-state index contributed by atoms with van der Waals surface area (Å²) in [5.41, 5.74) is 1.21. The minimum Gasteiger partial charge on any atom is -0.463 e. The van der Waals surface area contributed by atoms with E-state index in [0.717, 1.165) is 0 Å². The van der Waals surface area contributed by atoms with E-state index in [1.807, 2.05) is 18.2 Å². The number of benzene rings is 2. The molecule has 0 saturated carbocycles. The fraction of sp³-hybridized carbons (Fsp3) is 0.312. The molecule has 0 aromatic heterocycles. The van der Waals surface area contributed by atoms with Crippen molar-refractivity contribution in [2.24, 2.45) is 0 Å². The third-order valence-corrected chi connectivity index (χ3v) is 3.51. The molecule has 0 heterocycles. The molecular formula is C16H20N2O3. The number of rotatable bonds is 6. The summed E-state index contributed by atoms with van der Waals surface area (Å²) >= 11 is 0. The van der Waals surface area contributed by atoms with Crippen molar-refractivity contribution in [3.05, 3.63) is 48.0 Å². The fourth-order valence-corrected chi connectivity index (χ4v) is 2.38. The largest absolute Gasteiger partial charge is 0.463 e. The maximum atomic E-state index is 10.5. The van der Waals surface area contributed by atoms with Gasteiger partial charge in [-0.05, 0) is 36.2 Å². The highest BCUT2D eigenvalue weighted by Gasteiger charge is 2.10. The van der Waals surface area contributed by atoms with E-state index in [1.165, 1.54) is 16.3 Å². The first-order valence-electron chi connectivity index (χ1n) is 7.00. The third-order valence-electron chi connectivity index (χ3n) is 3.51. The van der Waals surface area contributed by atoms with E-state index in [9.17, 15) is 4.79 Å². The van der Waals surface area contributed by atoms with E-state index in [2.05, 4.69) is 36.5 Å². The number of carboxylic acid groups (broad SMARTS) is 1. The van der Waals surface area contributed by atoms with Crippen LogP contribution >= 0.6 is 0 Å². The van der Waals surface area contributed by atoms with Crippen LogP contribution in [0.5, 0.6) is 0 Å². The number of carbonyl (C=O) groups is 1. The number of fused-ring (bicyclic) bond motifs is 1. The highest BCUT2D eigenvalue weighted by atomic mass is 16.6. The Morgan fingerprint density at radius 2 is 1.95 bits per heavy atom. The molecule has 0 radical (unpaired) electrons. The van der Waals surface area contributed by atoms with Crippen LogP contribution in [0.1, 0.15) is 24.9 Å². The van der Waals surface area contributed by atoms with Gasteiger partial charge in [0.15, 0.2) is 0 Å². The molecule has 0 unspecified atom stereocenters. The van der Waals surface area contributed by atoms with Crippen molar-refractivity contribution in [1.82, 2.24) is 10.4 Å². The Hall–Kier alpha value is -2.11. The molecule has 2 rings (SSSR count). The van der Waals surface area contributed by atoms with Crippen LogP contribution in [0.2, 0.25) is 0 Å². The quantitative estimate of drug-likeness (QED) is 0.433. The number of hydrogen-bond acceptors (Lipinski definition) is 3. The highest BCUT2D eigenvalue weighted by Crippen LogP contribution is 2.23. The Labute approximate surface area is 123 Å². The van der Waals surface area contributed by atoms with Gasteiger partial charge in [0, 0.05) is 6.04 Å². The summed E-state index contributed by atoms with van der Waals surface area (Å²) in [6, 6.07) is 14.6. The normalized spacial score (nSPS) is 12.3. The molecule has 0 fully saturated rings. The zero-order chi connectivity index (χ0) is 15.2. The van der Waals surface area contributed by atoms with E-state index in [4.69, 9.17) is 10.3 Å². The average molecular weight is 288 g/mol. The van der Waals surface area contributed by atoms with Gasteiger partial charge in [-0.1, -0.05) is 42.5 Å². The molecule has 5 nitrogen and oxygen atoms in total. The van der Waals surface area contributed by atoms with Gasteiger partial charge in [0.05, 0.1) is 6.54 Å². The van der Waals surface area contributed by atoms with Gasteiger partial charge in [-0.3, -0.25) is 5.21 Å². The molecule has 0 aliphatic rings. The lowest BCUT2D eigenvalue weighted by atomic mass is 10.00. The monoisotopic (exact) mass is 288 g/mol. The van der Waals surface area contributed by atoms with E-state index in [1.54, 1.807) is 0 Å². The van der Waals surface area contributed by atoms with Gasteiger partial charge < -0.3 is 10.4 Å². The number of hydroxylamine groups is 2. The van der Waals surface area contributed by atoms with Crippen molar-refractivity contribution in [3.8, 4) is 0 Å². The Morgan fingerprint density at radius 3 is 2.71 bits per heavy atom. The van der Waals surface area contributed by atoms with Crippen LogP contribution in [-0.4, -0.2) is 34.6 Å². The average Bonchev–Trinajstić information content (AvgIpc) is 2.50. The van der Waals surface area contributed by atoms with Crippen LogP contribution in [-0.2, 0) is 0 Å². The Bertz CT molecular complexity index is 610. The maximum absolute atomic E-state index is 10.5. The molecule has 1 amide bonds. The summed E-state index contributed by atoms with van der Waals surface area (Å²) in [6.45, 7) is 2.81.